The van der Waals surface area contributed by atoms with Crippen LogP contribution in [0.1, 0.15) is 12.5 Å². The van der Waals surface area contributed by atoms with Gasteiger partial charge in [0.1, 0.15) is 17.8 Å². The molecule has 0 fully saturated rings. The third-order valence-corrected chi connectivity index (χ3v) is 4.56. The Hall–Kier alpha value is -1.73. The van der Waals surface area contributed by atoms with Crippen molar-refractivity contribution in [3.05, 3.63) is 60.2 Å². The van der Waals surface area contributed by atoms with E-state index in [-0.39, 0.29) is 16.9 Å². The number of hydrogen-bond donors (Lipinski definition) is 0. The summed E-state index contributed by atoms with van der Waals surface area (Å²) in [5, 5.41) is 0. The van der Waals surface area contributed by atoms with Gasteiger partial charge in [0.2, 0.25) is 0 Å². The fraction of sp³-hybridized carbons (Fsp3) is 0.188. The predicted octanol–water partition coefficient (Wildman–Crippen LogP) is 6.80. The first-order chi connectivity index (χ1) is 11.6. The molecule has 0 aliphatic rings. The van der Waals surface area contributed by atoms with Gasteiger partial charge in [0, 0.05) is 23.4 Å². The molecule has 2 aromatic carbocycles. The van der Waals surface area contributed by atoms with Gasteiger partial charge in [0.05, 0.1) is 0 Å². The molecule has 0 aliphatic carbocycles. The topological polar surface area (TPSA) is 26.3 Å². The summed E-state index contributed by atoms with van der Waals surface area (Å²) in [6.45, 7) is 1.41. The summed E-state index contributed by atoms with van der Waals surface area (Å²) in [5.41, 5.74) is 1.34. The Kier molecular flexibility index (Phi) is 6.42. The van der Waals surface area contributed by atoms with E-state index in [9.17, 15) is 30.0 Å². The Morgan fingerprint density at radius 1 is 0.923 bits per heavy atom. The zero-order valence-corrected chi connectivity index (χ0v) is 15.6. The summed E-state index contributed by atoms with van der Waals surface area (Å²) in [4.78, 5) is 12.1. The van der Waals surface area contributed by atoms with Crippen molar-refractivity contribution in [3.8, 4) is 5.75 Å². The molecule has 0 bridgehead atoms. The van der Waals surface area contributed by atoms with E-state index in [4.69, 9.17) is 4.74 Å². The second-order valence-electron chi connectivity index (χ2n) is 5.29. The van der Waals surface area contributed by atoms with Crippen LogP contribution in [0, 0.1) is 0 Å². The molecule has 0 N–H and O–H groups in total. The first kappa shape index (κ1) is 22.3. The summed E-state index contributed by atoms with van der Waals surface area (Å²) < 4.78 is 64.2. The average Bonchev–Trinajstić information content (AvgIpc) is 2.45. The molecule has 0 saturated carbocycles. The summed E-state index contributed by atoms with van der Waals surface area (Å²) in [7, 11) is -10.5. The van der Waals surface area contributed by atoms with Crippen molar-refractivity contribution in [2.75, 3.05) is 6.26 Å². The van der Waals surface area contributed by atoms with Crippen molar-refractivity contribution < 1.29 is 34.7 Å². The molecule has 2 rings (SSSR count). The van der Waals surface area contributed by atoms with Gasteiger partial charge in [-0.05, 0) is 24.3 Å². The third-order valence-electron chi connectivity index (χ3n) is 2.71. The van der Waals surface area contributed by atoms with E-state index in [1.165, 1.54) is 17.4 Å². The van der Waals surface area contributed by atoms with E-state index in [1.807, 2.05) is 30.3 Å². The van der Waals surface area contributed by atoms with Crippen LogP contribution in [0.5, 0.6) is 5.75 Å². The molecule has 0 saturated heterocycles. The van der Waals surface area contributed by atoms with Crippen molar-refractivity contribution in [2.45, 2.75) is 17.6 Å². The number of halogens is 6. The first-order valence-corrected chi connectivity index (χ1v) is 10.9. The molecule has 1 atom stereocenters. The van der Waals surface area contributed by atoms with Gasteiger partial charge in [0.15, 0.2) is 4.90 Å². The van der Waals surface area contributed by atoms with Gasteiger partial charge in [-0.15, -0.1) is 0 Å². The normalized spacial score (nSPS) is 14.9. The summed E-state index contributed by atoms with van der Waals surface area (Å²) in [6.07, 6.45) is 2.23. The Bertz CT molecular complexity index is 721. The molecule has 146 valence electrons. The number of rotatable bonds is 4. The molecule has 10 heteroatoms. The van der Waals surface area contributed by atoms with E-state index in [0.717, 1.165) is 5.75 Å². The Morgan fingerprint density at radius 3 is 1.81 bits per heavy atom. The van der Waals surface area contributed by atoms with Crippen molar-refractivity contribution >= 4 is 24.7 Å². The maximum absolute atomic E-state index is 10.9. The zero-order chi connectivity index (χ0) is 20.1. The van der Waals surface area contributed by atoms with Gasteiger partial charge >= 0.3 is 39.0 Å². The van der Waals surface area contributed by atoms with Crippen LogP contribution in [0.2, 0.25) is 0 Å². The van der Waals surface area contributed by atoms with Gasteiger partial charge in [0.25, 0.3) is 0 Å². The quantitative estimate of drug-likeness (QED) is 0.179. The van der Waals surface area contributed by atoms with Crippen molar-refractivity contribution in [3.63, 3.8) is 0 Å². The standard InChI is InChI=1S/C16H17O2S.F6P/c1-13(17)18-15-8-10-16(11-9-15)19(2)12-14-6-4-3-5-7-14;1-7(2,3,4,5)6/h3-11H,12H2,1-2H3;/q+1;-1. The van der Waals surface area contributed by atoms with Crippen molar-refractivity contribution in [2.24, 2.45) is 0 Å². The van der Waals surface area contributed by atoms with Crippen LogP contribution in [0.15, 0.2) is 59.5 Å². The zero-order valence-electron chi connectivity index (χ0n) is 13.8. The molecule has 2 nitrogen and oxygen atoms in total. The Labute approximate surface area is 149 Å². The van der Waals surface area contributed by atoms with Crippen molar-refractivity contribution in [1.29, 1.82) is 0 Å². The first-order valence-electron chi connectivity index (χ1n) is 7.11. The van der Waals surface area contributed by atoms with Crippen LogP contribution >= 0.6 is 7.81 Å². The van der Waals surface area contributed by atoms with Gasteiger partial charge in [-0.3, -0.25) is 4.79 Å². The second-order valence-corrected chi connectivity index (χ2v) is 9.24. The number of esters is 1. The minimum atomic E-state index is -10.7. The van der Waals surface area contributed by atoms with E-state index < -0.39 is 7.81 Å². The van der Waals surface area contributed by atoms with Crippen LogP contribution in [0.3, 0.4) is 0 Å². The summed E-state index contributed by atoms with van der Waals surface area (Å²) in [5.74, 6) is 1.36. The SMILES string of the molecule is CC(=O)Oc1ccc([S+](C)Cc2ccccc2)cc1.F[P-](F)(F)(F)(F)F. The molecule has 0 radical (unpaired) electrons. The summed E-state index contributed by atoms with van der Waals surface area (Å²) >= 11 is 0. The Balaban J connectivity index is 0.000000412. The van der Waals surface area contributed by atoms with Crippen LogP contribution in [-0.2, 0) is 21.4 Å². The Morgan fingerprint density at radius 2 is 1.38 bits per heavy atom. The fourth-order valence-corrected chi connectivity index (χ4v) is 3.27. The van der Waals surface area contributed by atoms with Crippen LogP contribution < -0.4 is 4.74 Å². The van der Waals surface area contributed by atoms with Crippen LogP contribution in [0.25, 0.3) is 0 Å². The predicted molar refractivity (Wildman–Crippen MR) is 93.0 cm³/mol. The number of benzene rings is 2. The van der Waals surface area contributed by atoms with E-state index in [1.54, 1.807) is 0 Å². The molecule has 2 aromatic rings. The molecule has 0 amide bonds. The number of ether oxygens (including phenoxy) is 1. The van der Waals surface area contributed by atoms with Gasteiger partial charge < -0.3 is 4.74 Å². The minimum absolute atomic E-state index is 0.154. The molecular formula is C16H17F6O2PS. The molecule has 0 aliphatic heterocycles. The molecule has 1 unspecified atom stereocenters. The second kappa shape index (κ2) is 7.48. The molecule has 26 heavy (non-hydrogen) atoms. The van der Waals surface area contributed by atoms with Crippen molar-refractivity contribution in [1.82, 2.24) is 0 Å². The van der Waals surface area contributed by atoms with Gasteiger partial charge in [-0.25, -0.2) is 0 Å². The van der Waals surface area contributed by atoms with E-state index >= 15 is 0 Å². The monoisotopic (exact) mass is 418 g/mol. The van der Waals surface area contributed by atoms with E-state index in [0.29, 0.717) is 5.75 Å². The average molecular weight is 418 g/mol. The summed E-state index contributed by atoms with van der Waals surface area (Å²) in [6, 6.07) is 18.2. The molecule has 0 aromatic heterocycles. The van der Waals surface area contributed by atoms with Gasteiger partial charge in [-0.1, -0.05) is 30.3 Å². The number of hydrogen-bond acceptors (Lipinski definition) is 2. The van der Waals surface area contributed by atoms with E-state index in [2.05, 4.69) is 30.5 Å². The number of carbonyl (C=O) groups is 1. The maximum atomic E-state index is 10.9. The van der Waals surface area contributed by atoms with Gasteiger partial charge in [-0.2, -0.15) is 0 Å². The van der Waals surface area contributed by atoms with Crippen LogP contribution in [-0.4, -0.2) is 12.2 Å². The molecular weight excluding hydrogens is 401 g/mol. The fourth-order valence-electron chi connectivity index (χ4n) is 1.81. The number of carbonyl (C=O) groups excluding carboxylic acids is 1. The molecule has 0 heterocycles. The van der Waals surface area contributed by atoms with Crippen LogP contribution in [0.4, 0.5) is 25.2 Å². The molecule has 0 spiro atoms. The third kappa shape index (κ3) is 12.6.